The molecule has 0 atom stereocenters. The number of nitro groups is 1. The Morgan fingerprint density at radius 3 is 2.47 bits per heavy atom. The highest BCUT2D eigenvalue weighted by Crippen LogP contribution is 2.36. The average molecular weight is 629 g/mol. The van der Waals surface area contributed by atoms with Gasteiger partial charge in [0.25, 0.3) is 17.5 Å². The van der Waals surface area contributed by atoms with E-state index in [9.17, 15) is 32.9 Å². The third kappa shape index (κ3) is 6.12. The molecule has 2 amide bonds. The number of alkyl halides is 3. The highest BCUT2D eigenvalue weighted by atomic mass is 35.5. The van der Waals surface area contributed by atoms with Gasteiger partial charge in [-0.15, -0.1) is 0 Å². The summed E-state index contributed by atoms with van der Waals surface area (Å²) < 4.78 is 41.5. The van der Waals surface area contributed by atoms with E-state index in [0.29, 0.717) is 27.1 Å². The lowest BCUT2D eigenvalue weighted by Crippen LogP contribution is -2.26. The van der Waals surface area contributed by atoms with Gasteiger partial charge >= 0.3 is 6.18 Å². The Kier molecular flexibility index (Phi) is 8.02. The molecule has 5 aromatic rings. The van der Waals surface area contributed by atoms with Crippen LogP contribution in [0.1, 0.15) is 32.1 Å². The molecule has 5 rings (SSSR count). The predicted octanol–water partition coefficient (Wildman–Crippen LogP) is 6.84. The molecule has 15 heteroatoms. The molecule has 0 saturated heterocycles. The minimum absolute atomic E-state index is 0.0510. The number of hydrogen-bond donors (Lipinski definition) is 2. The number of benzene rings is 3. The third-order valence-corrected chi connectivity index (χ3v) is 6.90. The first-order valence-electron chi connectivity index (χ1n) is 12.3. The fraction of sp³-hybridized carbons (Fsp3) is 0.0714. The van der Waals surface area contributed by atoms with E-state index in [-0.39, 0.29) is 39.3 Å². The molecule has 10 nitrogen and oxygen atoms in total. The molecule has 0 bridgehead atoms. The molecule has 2 N–H and O–H groups in total. The number of pyridine rings is 1. The van der Waals surface area contributed by atoms with Gasteiger partial charge in [-0.05, 0) is 29.1 Å². The molecule has 0 fully saturated rings. The molecule has 0 aliphatic heterocycles. The molecule has 2 aromatic heterocycles. The number of rotatable bonds is 7. The zero-order chi connectivity index (χ0) is 30.9. The lowest BCUT2D eigenvalue weighted by atomic mass is 10.0. The maximum Gasteiger partial charge on any atom is 0.435 e. The van der Waals surface area contributed by atoms with Crippen molar-refractivity contribution < 1.29 is 27.7 Å². The minimum atomic E-state index is -4.90. The summed E-state index contributed by atoms with van der Waals surface area (Å²) in [5.41, 5.74) is -2.00. The summed E-state index contributed by atoms with van der Waals surface area (Å²) in [6.45, 7) is -0.113. The van der Waals surface area contributed by atoms with Crippen LogP contribution in [-0.2, 0) is 12.7 Å². The molecule has 2 heterocycles. The third-order valence-electron chi connectivity index (χ3n) is 6.22. The highest BCUT2D eigenvalue weighted by molar-refractivity contribution is 6.40. The fourth-order valence-electron chi connectivity index (χ4n) is 4.22. The first kappa shape index (κ1) is 29.5. The van der Waals surface area contributed by atoms with Crippen molar-refractivity contribution in [2.24, 2.45) is 0 Å². The number of halogens is 5. The lowest BCUT2D eigenvalue weighted by Gasteiger charge is -2.16. The maximum absolute atomic E-state index is 13.6. The van der Waals surface area contributed by atoms with Crippen molar-refractivity contribution in [3.8, 4) is 5.82 Å². The first-order chi connectivity index (χ1) is 20.4. The standard InChI is InChI=1S/C28H17Cl2F3N6O4/c29-20-9-4-10-34-25(20)38-21(13-22(37-38)28(31,32)33)27(41)36-24-19(12-16-6-1-2-8-18(16)23(24)30)26(40)35-14-15-5-3-7-17(11-15)39(42)43/h1-13H,14H2,(H,35,40)(H,36,41). The van der Waals surface area contributed by atoms with Crippen molar-refractivity contribution in [2.75, 3.05) is 5.32 Å². The van der Waals surface area contributed by atoms with Gasteiger partial charge in [-0.25, -0.2) is 9.67 Å². The summed E-state index contributed by atoms with van der Waals surface area (Å²) in [5.74, 6) is -2.04. The van der Waals surface area contributed by atoms with Crippen LogP contribution in [0.3, 0.4) is 0 Å². The molecule has 0 saturated carbocycles. The van der Waals surface area contributed by atoms with Crippen LogP contribution >= 0.6 is 23.2 Å². The molecule has 0 aliphatic rings. The number of anilines is 1. The Balaban J connectivity index is 1.55. The largest absolute Gasteiger partial charge is 0.435 e. The number of nitrogens with one attached hydrogen (secondary N) is 2. The number of carbonyl (C=O) groups is 2. The zero-order valence-electron chi connectivity index (χ0n) is 21.5. The zero-order valence-corrected chi connectivity index (χ0v) is 23.0. The smallest absolute Gasteiger partial charge is 0.348 e. The van der Waals surface area contributed by atoms with E-state index in [1.807, 2.05) is 0 Å². The molecule has 0 unspecified atom stereocenters. The van der Waals surface area contributed by atoms with Gasteiger partial charge in [-0.1, -0.05) is 59.6 Å². The number of amides is 2. The van der Waals surface area contributed by atoms with Crippen molar-refractivity contribution in [1.82, 2.24) is 20.1 Å². The highest BCUT2D eigenvalue weighted by Gasteiger charge is 2.37. The SMILES string of the molecule is O=C(NCc1cccc([N+](=O)[O-])c1)c1cc2ccccc2c(Cl)c1NC(=O)c1cc(C(F)(F)F)nn1-c1ncccc1Cl. The molecule has 3 aromatic carbocycles. The van der Waals surface area contributed by atoms with Gasteiger partial charge in [-0.3, -0.25) is 19.7 Å². The monoisotopic (exact) mass is 628 g/mol. The van der Waals surface area contributed by atoms with E-state index in [0.717, 1.165) is 0 Å². The van der Waals surface area contributed by atoms with Crippen molar-refractivity contribution in [1.29, 1.82) is 0 Å². The Morgan fingerprint density at radius 1 is 0.977 bits per heavy atom. The van der Waals surface area contributed by atoms with E-state index in [2.05, 4.69) is 20.7 Å². The number of aromatic nitrogens is 3. The van der Waals surface area contributed by atoms with E-state index in [1.54, 1.807) is 30.3 Å². The van der Waals surface area contributed by atoms with Gasteiger partial charge in [0.1, 0.15) is 5.69 Å². The molecular formula is C28H17Cl2F3N6O4. The van der Waals surface area contributed by atoms with Crippen LogP contribution in [0.15, 0.2) is 79.0 Å². The summed E-state index contributed by atoms with van der Waals surface area (Å²) in [5, 5.41) is 20.6. The minimum Gasteiger partial charge on any atom is -0.348 e. The number of hydrogen-bond acceptors (Lipinski definition) is 6. The molecule has 0 spiro atoms. The van der Waals surface area contributed by atoms with Gasteiger partial charge in [0.2, 0.25) is 0 Å². The lowest BCUT2D eigenvalue weighted by molar-refractivity contribution is -0.384. The Labute approximate surface area is 250 Å². The predicted molar refractivity (Wildman–Crippen MR) is 153 cm³/mol. The molecule has 0 aliphatic carbocycles. The molecular weight excluding hydrogens is 612 g/mol. The number of non-ortho nitro benzene ring substituents is 1. The van der Waals surface area contributed by atoms with Crippen molar-refractivity contribution in [3.63, 3.8) is 0 Å². The van der Waals surface area contributed by atoms with Crippen LogP contribution in [0, 0.1) is 10.1 Å². The van der Waals surface area contributed by atoms with E-state index in [4.69, 9.17) is 23.2 Å². The summed E-state index contributed by atoms with van der Waals surface area (Å²) in [6, 6.07) is 17.1. The van der Waals surface area contributed by atoms with E-state index < -0.39 is 34.3 Å². The van der Waals surface area contributed by atoms with Crippen LogP contribution in [0.25, 0.3) is 16.6 Å². The second-order valence-electron chi connectivity index (χ2n) is 9.03. The summed E-state index contributed by atoms with van der Waals surface area (Å²) in [7, 11) is 0. The van der Waals surface area contributed by atoms with Gasteiger partial charge < -0.3 is 10.6 Å². The maximum atomic E-state index is 13.6. The summed E-state index contributed by atoms with van der Waals surface area (Å²) in [4.78, 5) is 41.4. The second-order valence-corrected chi connectivity index (χ2v) is 9.82. The van der Waals surface area contributed by atoms with Crippen LogP contribution in [-0.4, -0.2) is 31.5 Å². The Bertz CT molecular complexity index is 1910. The quantitative estimate of drug-likeness (QED) is 0.150. The van der Waals surface area contributed by atoms with Crippen LogP contribution < -0.4 is 10.6 Å². The van der Waals surface area contributed by atoms with Gasteiger partial charge in [0, 0.05) is 36.3 Å². The van der Waals surface area contributed by atoms with Crippen LogP contribution in [0.2, 0.25) is 10.0 Å². The van der Waals surface area contributed by atoms with Crippen LogP contribution in [0.5, 0.6) is 0 Å². The number of carbonyl (C=O) groups excluding carboxylic acids is 2. The number of nitrogens with zero attached hydrogens (tertiary/aromatic N) is 4. The van der Waals surface area contributed by atoms with Gasteiger partial charge in [0.15, 0.2) is 11.5 Å². The fourth-order valence-corrected chi connectivity index (χ4v) is 4.74. The first-order valence-corrected chi connectivity index (χ1v) is 13.0. The van der Waals surface area contributed by atoms with Gasteiger partial charge in [0.05, 0.1) is 26.2 Å². The number of nitro benzene ring substituents is 1. The molecule has 218 valence electrons. The summed E-state index contributed by atoms with van der Waals surface area (Å²) >= 11 is 12.8. The van der Waals surface area contributed by atoms with E-state index >= 15 is 0 Å². The topological polar surface area (TPSA) is 132 Å². The molecule has 0 radical (unpaired) electrons. The second kappa shape index (κ2) is 11.7. The normalized spacial score (nSPS) is 11.4. The average Bonchev–Trinajstić information content (AvgIpc) is 3.44. The van der Waals surface area contributed by atoms with Crippen molar-refractivity contribution in [3.05, 3.63) is 122 Å². The van der Waals surface area contributed by atoms with Crippen molar-refractivity contribution in [2.45, 2.75) is 12.7 Å². The molecule has 43 heavy (non-hydrogen) atoms. The van der Waals surface area contributed by atoms with E-state index in [1.165, 1.54) is 42.6 Å². The Hall–Kier alpha value is -5.01. The van der Waals surface area contributed by atoms with Gasteiger partial charge in [-0.2, -0.15) is 18.3 Å². The van der Waals surface area contributed by atoms with Crippen LogP contribution in [0.4, 0.5) is 24.5 Å². The Morgan fingerprint density at radius 2 is 1.74 bits per heavy atom. The summed E-state index contributed by atoms with van der Waals surface area (Å²) in [6.07, 6.45) is -3.64. The van der Waals surface area contributed by atoms with Crippen molar-refractivity contribution >= 4 is 57.2 Å². The number of fused-ring (bicyclic) bond motifs is 1.